The number of hydrogen-bond donors (Lipinski definition) is 1. The van der Waals surface area contributed by atoms with Gasteiger partial charge in [-0.25, -0.2) is 0 Å². The van der Waals surface area contributed by atoms with E-state index in [1.807, 2.05) is 32.0 Å². The van der Waals surface area contributed by atoms with Crippen LogP contribution in [0.25, 0.3) is 0 Å². The molecule has 7 nitrogen and oxygen atoms in total. The van der Waals surface area contributed by atoms with E-state index in [0.717, 1.165) is 22.5 Å². The summed E-state index contributed by atoms with van der Waals surface area (Å²) >= 11 is 2.58. The zero-order chi connectivity index (χ0) is 19.7. The van der Waals surface area contributed by atoms with Crippen molar-refractivity contribution in [3.63, 3.8) is 0 Å². The molecular weight excluding hydrogens is 386 g/mol. The van der Waals surface area contributed by atoms with Crippen LogP contribution in [0.15, 0.2) is 24.3 Å². The highest BCUT2D eigenvalue weighted by molar-refractivity contribution is 7.99. The first-order chi connectivity index (χ1) is 12.8. The van der Waals surface area contributed by atoms with Crippen molar-refractivity contribution in [3.05, 3.63) is 55.3 Å². The second kappa shape index (κ2) is 7.69. The molecule has 1 aromatic heterocycles. The van der Waals surface area contributed by atoms with Crippen LogP contribution in [0.4, 0.5) is 11.4 Å². The fourth-order valence-corrected chi connectivity index (χ4v) is 4.90. The van der Waals surface area contributed by atoms with Gasteiger partial charge in [0, 0.05) is 17.5 Å². The van der Waals surface area contributed by atoms with Crippen LogP contribution in [-0.4, -0.2) is 39.3 Å². The van der Waals surface area contributed by atoms with Gasteiger partial charge in [-0.3, -0.25) is 19.7 Å². The molecule has 0 saturated carbocycles. The molecule has 0 radical (unpaired) electrons. The number of carbonyl (C=O) groups excluding carboxylic acids is 2. The summed E-state index contributed by atoms with van der Waals surface area (Å²) in [4.78, 5) is 38.3. The van der Waals surface area contributed by atoms with Gasteiger partial charge in [0.25, 0.3) is 11.6 Å². The zero-order valence-corrected chi connectivity index (χ0v) is 16.8. The fourth-order valence-electron chi connectivity index (χ4n) is 2.81. The van der Waals surface area contributed by atoms with Crippen molar-refractivity contribution in [2.75, 3.05) is 16.9 Å². The molecule has 1 aromatic carbocycles. The highest BCUT2D eigenvalue weighted by atomic mass is 32.2. The Balaban J connectivity index is 1.77. The average Bonchev–Trinajstić information content (AvgIpc) is 3.24. The van der Waals surface area contributed by atoms with Gasteiger partial charge in [-0.05, 0) is 44.0 Å². The Hall–Kier alpha value is -2.39. The van der Waals surface area contributed by atoms with Gasteiger partial charge < -0.3 is 10.2 Å². The van der Waals surface area contributed by atoms with Gasteiger partial charge in [0.15, 0.2) is 0 Å². The summed E-state index contributed by atoms with van der Waals surface area (Å²) in [5, 5.41) is 13.9. The Morgan fingerprint density at radius 2 is 1.96 bits per heavy atom. The summed E-state index contributed by atoms with van der Waals surface area (Å²) in [6.45, 7) is 5.58. The van der Waals surface area contributed by atoms with Crippen molar-refractivity contribution in [3.8, 4) is 0 Å². The standard InChI is InChI=1S/C18H19N3O4S2/c1-10-4-5-13(6-11(10)2)19-17(22)15-8-26-9-20(15)18(23)16-7-14(21(24)25)12(3)27-16/h4-7,15H,8-9H2,1-3H3,(H,19,22). The lowest BCUT2D eigenvalue weighted by Gasteiger charge is -2.22. The van der Waals surface area contributed by atoms with E-state index in [-0.39, 0.29) is 22.4 Å². The lowest BCUT2D eigenvalue weighted by atomic mass is 10.1. The number of nitro groups is 1. The first kappa shape index (κ1) is 19.4. The molecule has 142 valence electrons. The largest absolute Gasteiger partial charge is 0.324 e. The smallest absolute Gasteiger partial charge is 0.283 e. The molecular formula is C18H19N3O4S2. The molecule has 0 spiro atoms. The summed E-state index contributed by atoms with van der Waals surface area (Å²) in [6, 6.07) is 6.35. The molecule has 1 fully saturated rings. The van der Waals surface area contributed by atoms with E-state index < -0.39 is 11.0 Å². The number of aryl methyl sites for hydroxylation is 3. The van der Waals surface area contributed by atoms with Crippen LogP contribution in [0.1, 0.15) is 25.7 Å². The molecule has 1 aliphatic rings. The summed E-state index contributed by atoms with van der Waals surface area (Å²) in [7, 11) is 0. The molecule has 0 aliphatic carbocycles. The molecule has 9 heteroatoms. The number of nitrogens with zero attached hydrogens (tertiary/aromatic N) is 2. The van der Waals surface area contributed by atoms with Gasteiger partial charge in [0.2, 0.25) is 5.91 Å². The van der Waals surface area contributed by atoms with Crippen LogP contribution in [0.5, 0.6) is 0 Å². The number of hydrogen-bond acceptors (Lipinski definition) is 6. The first-order valence-electron chi connectivity index (χ1n) is 8.29. The van der Waals surface area contributed by atoms with E-state index in [9.17, 15) is 19.7 Å². The molecule has 0 bridgehead atoms. The van der Waals surface area contributed by atoms with Gasteiger partial charge in [-0.15, -0.1) is 23.1 Å². The Labute approximate surface area is 164 Å². The zero-order valence-electron chi connectivity index (χ0n) is 15.1. The third-order valence-electron chi connectivity index (χ3n) is 4.52. The van der Waals surface area contributed by atoms with Crippen LogP contribution in [-0.2, 0) is 4.79 Å². The SMILES string of the molecule is Cc1ccc(NC(=O)C2CSCN2C(=O)c2cc([N+](=O)[O-])c(C)s2)cc1C. The first-order valence-corrected chi connectivity index (χ1v) is 10.3. The summed E-state index contributed by atoms with van der Waals surface area (Å²) in [6.07, 6.45) is 0. The minimum Gasteiger partial charge on any atom is -0.324 e. The van der Waals surface area contributed by atoms with E-state index in [4.69, 9.17) is 0 Å². The maximum absolute atomic E-state index is 12.8. The topological polar surface area (TPSA) is 92.6 Å². The monoisotopic (exact) mass is 405 g/mol. The Morgan fingerprint density at radius 3 is 2.59 bits per heavy atom. The molecule has 3 rings (SSSR count). The molecule has 2 heterocycles. The van der Waals surface area contributed by atoms with E-state index in [0.29, 0.717) is 22.2 Å². The van der Waals surface area contributed by atoms with E-state index in [1.165, 1.54) is 22.7 Å². The van der Waals surface area contributed by atoms with Crippen LogP contribution in [0.2, 0.25) is 0 Å². The van der Waals surface area contributed by atoms with Crippen molar-refractivity contribution in [1.82, 2.24) is 4.90 Å². The highest BCUT2D eigenvalue weighted by Crippen LogP contribution is 2.32. The highest BCUT2D eigenvalue weighted by Gasteiger charge is 2.36. The molecule has 1 aliphatic heterocycles. The molecule has 1 N–H and O–H groups in total. The molecule has 27 heavy (non-hydrogen) atoms. The quantitative estimate of drug-likeness (QED) is 0.618. The Bertz CT molecular complexity index is 925. The number of anilines is 1. The van der Waals surface area contributed by atoms with Crippen molar-refractivity contribution < 1.29 is 14.5 Å². The fraction of sp³-hybridized carbons (Fsp3) is 0.333. The van der Waals surface area contributed by atoms with Crippen molar-refractivity contribution >= 4 is 46.3 Å². The number of rotatable bonds is 4. The van der Waals surface area contributed by atoms with Gasteiger partial charge in [-0.2, -0.15) is 0 Å². The molecule has 1 atom stereocenters. The number of carbonyl (C=O) groups is 2. The predicted octanol–water partition coefficient (Wildman–Crippen LogP) is 3.74. The summed E-state index contributed by atoms with van der Waals surface area (Å²) in [5.74, 6) is 0.282. The molecule has 1 unspecified atom stereocenters. The summed E-state index contributed by atoms with van der Waals surface area (Å²) < 4.78 is 0. The second-order valence-electron chi connectivity index (χ2n) is 6.39. The summed E-state index contributed by atoms with van der Waals surface area (Å²) in [5.41, 5.74) is 2.83. The normalized spacial score (nSPS) is 16.4. The number of thioether (sulfide) groups is 1. The van der Waals surface area contributed by atoms with Gasteiger partial charge in [0.1, 0.15) is 6.04 Å². The van der Waals surface area contributed by atoms with Crippen molar-refractivity contribution in [1.29, 1.82) is 0 Å². The Kier molecular flexibility index (Phi) is 5.52. The van der Waals surface area contributed by atoms with Gasteiger partial charge >= 0.3 is 0 Å². The lowest BCUT2D eigenvalue weighted by Crippen LogP contribution is -2.44. The predicted molar refractivity (Wildman–Crippen MR) is 108 cm³/mol. The minimum absolute atomic E-state index is 0.0636. The van der Waals surface area contributed by atoms with Crippen LogP contribution < -0.4 is 5.32 Å². The number of nitrogens with one attached hydrogen (secondary N) is 1. The van der Waals surface area contributed by atoms with E-state index in [2.05, 4.69) is 5.32 Å². The Morgan fingerprint density at radius 1 is 1.22 bits per heavy atom. The van der Waals surface area contributed by atoms with Crippen molar-refractivity contribution in [2.24, 2.45) is 0 Å². The maximum Gasteiger partial charge on any atom is 0.283 e. The molecule has 1 saturated heterocycles. The third-order valence-corrected chi connectivity index (χ3v) is 6.56. The lowest BCUT2D eigenvalue weighted by molar-refractivity contribution is -0.385. The molecule has 2 amide bonds. The van der Waals surface area contributed by atoms with E-state index >= 15 is 0 Å². The average molecular weight is 406 g/mol. The number of amides is 2. The molecule has 2 aromatic rings. The minimum atomic E-state index is -0.606. The third kappa shape index (κ3) is 3.98. The second-order valence-corrected chi connectivity index (χ2v) is 8.64. The van der Waals surface area contributed by atoms with E-state index in [1.54, 1.807) is 6.92 Å². The van der Waals surface area contributed by atoms with Crippen molar-refractivity contribution in [2.45, 2.75) is 26.8 Å². The van der Waals surface area contributed by atoms with Crippen LogP contribution in [0.3, 0.4) is 0 Å². The van der Waals surface area contributed by atoms with Crippen LogP contribution in [0, 0.1) is 30.9 Å². The van der Waals surface area contributed by atoms with Crippen LogP contribution >= 0.6 is 23.1 Å². The maximum atomic E-state index is 12.8. The number of benzene rings is 1. The number of thiophene rings is 1. The van der Waals surface area contributed by atoms with Gasteiger partial charge in [0.05, 0.1) is 20.6 Å². The van der Waals surface area contributed by atoms with Gasteiger partial charge in [-0.1, -0.05) is 6.07 Å².